The summed E-state index contributed by atoms with van der Waals surface area (Å²) in [6.07, 6.45) is 4.77. The monoisotopic (exact) mass is 278 g/mol. The highest BCUT2D eigenvalue weighted by Crippen LogP contribution is 2.33. The number of fused-ring (bicyclic) bond motifs is 1. The van der Waals surface area contributed by atoms with Gasteiger partial charge in [-0.2, -0.15) is 0 Å². The number of benzene rings is 1. The minimum atomic E-state index is -0.200. The van der Waals surface area contributed by atoms with Crippen molar-refractivity contribution in [2.75, 3.05) is 0 Å². The molecule has 18 heavy (non-hydrogen) atoms. The summed E-state index contributed by atoms with van der Waals surface area (Å²) in [6, 6.07) is 7.55. The molecule has 1 aromatic carbocycles. The average Bonchev–Trinajstić information content (AvgIpc) is 2.82. The SMILES string of the molecule is NC(c1nc2c(s1)CCCC2)c1ccccc1Cl. The van der Waals surface area contributed by atoms with Crippen LogP contribution < -0.4 is 5.73 Å². The number of aromatic nitrogens is 1. The minimum absolute atomic E-state index is 0.200. The molecule has 0 spiro atoms. The van der Waals surface area contributed by atoms with Gasteiger partial charge in [0.15, 0.2) is 0 Å². The zero-order valence-corrected chi connectivity index (χ0v) is 11.6. The summed E-state index contributed by atoms with van der Waals surface area (Å²) in [5.41, 5.74) is 8.51. The van der Waals surface area contributed by atoms with Gasteiger partial charge < -0.3 is 5.73 Å². The van der Waals surface area contributed by atoms with Crippen LogP contribution in [0.2, 0.25) is 5.02 Å². The molecule has 1 aliphatic rings. The lowest BCUT2D eigenvalue weighted by Gasteiger charge is -2.10. The number of aryl methyl sites for hydroxylation is 2. The molecule has 2 aromatic rings. The van der Waals surface area contributed by atoms with Crippen molar-refractivity contribution in [2.24, 2.45) is 5.73 Å². The van der Waals surface area contributed by atoms with Crippen LogP contribution in [0.25, 0.3) is 0 Å². The third-order valence-electron chi connectivity index (χ3n) is 3.37. The Bertz CT molecular complexity index is 541. The Balaban J connectivity index is 1.95. The highest BCUT2D eigenvalue weighted by atomic mass is 35.5. The van der Waals surface area contributed by atoms with Crippen LogP contribution in [-0.4, -0.2) is 4.98 Å². The molecule has 2 nitrogen and oxygen atoms in total. The van der Waals surface area contributed by atoms with Gasteiger partial charge in [0.05, 0.1) is 11.7 Å². The highest BCUT2D eigenvalue weighted by molar-refractivity contribution is 7.11. The molecule has 4 heteroatoms. The average molecular weight is 279 g/mol. The number of halogens is 1. The zero-order valence-electron chi connectivity index (χ0n) is 10.0. The van der Waals surface area contributed by atoms with E-state index in [-0.39, 0.29) is 6.04 Å². The zero-order chi connectivity index (χ0) is 12.5. The second kappa shape index (κ2) is 5.00. The van der Waals surface area contributed by atoms with Crippen molar-refractivity contribution in [3.63, 3.8) is 0 Å². The lowest BCUT2D eigenvalue weighted by Crippen LogP contribution is -2.12. The summed E-state index contributed by atoms with van der Waals surface area (Å²) in [7, 11) is 0. The molecule has 0 aliphatic heterocycles. The van der Waals surface area contributed by atoms with Gasteiger partial charge in [-0.25, -0.2) is 4.98 Å². The van der Waals surface area contributed by atoms with Gasteiger partial charge in [0.25, 0.3) is 0 Å². The van der Waals surface area contributed by atoms with Gasteiger partial charge in [-0.15, -0.1) is 11.3 Å². The molecular formula is C14H15ClN2S. The molecule has 1 heterocycles. The number of nitrogens with two attached hydrogens (primary N) is 1. The third-order valence-corrected chi connectivity index (χ3v) is 4.95. The van der Waals surface area contributed by atoms with Crippen LogP contribution in [0.3, 0.4) is 0 Å². The molecule has 0 saturated carbocycles. The highest BCUT2D eigenvalue weighted by Gasteiger charge is 2.20. The Kier molecular flexibility index (Phi) is 3.37. The second-order valence-corrected chi connectivity index (χ2v) is 6.15. The predicted octanol–water partition coefficient (Wildman–Crippen LogP) is 3.72. The molecular weight excluding hydrogens is 264 g/mol. The van der Waals surface area contributed by atoms with Gasteiger partial charge in [-0.3, -0.25) is 0 Å². The van der Waals surface area contributed by atoms with Crippen LogP contribution in [0.4, 0.5) is 0 Å². The molecule has 0 saturated heterocycles. The van der Waals surface area contributed by atoms with Crippen molar-refractivity contribution in [3.05, 3.63) is 50.4 Å². The van der Waals surface area contributed by atoms with E-state index in [1.807, 2.05) is 24.3 Å². The number of hydrogen-bond donors (Lipinski definition) is 1. The molecule has 0 amide bonds. The van der Waals surface area contributed by atoms with Crippen molar-refractivity contribution >= 4 is 22.9 Å². The maximum atomic E-state index is 6.29. The first-order valence-corrected chi connectivity index (χ1v) is 7.43. The van der Waals surface area contributed by atoms with Gasteiger partial charge in [-0.05, 0) is 37.3 Å². The van der Waals surface area contributed by atoms with E-state index in [4.69, 9.17) is 22.3 Å². The van der Waals surface area contributed by atoms with Gasteiger partial charge >= 0.3 is 0 Å². The van der Waals surface area contributed by atoms with E-state index in [9.17, 15) is 0 Å². The Morgan fingerprint density at radius 2 is 2.00 bits per heavy atom. The first kappa shape index (κ1) is 12.2. The summed E-state index contributed by atoms with van der Waals surface area (Å²) < 4.78 is 0. The lowest BCUT2D eigenvalue weighted by molar-refractivity contribution is 0.678. The minimum Gasteiger partial charge on any atom is -0.318 e. The van der Waals surface area contributed by atoms with Crippen molar-refractivity contribution < 1.29 is 0 Å². The molecule has 1 aromatic heterocycles. The number of hydrogen-bond acceptors (Lipinski definition) is 3. The number of thiazole rings is 1. The van der Waals surface area contributed by atoms with Crippen LogP contribution >= 0.6 is 22.9 Å². The summed E-state index contributed by atoms with van der Waals surface area (Å²) >= 11 is 7.94. The fourth-order valence-corrected chi connectivity index (χ4v) is 3.79. The summed E-state index contributed by atoms with van der Waals surface area (Å²) in [6.45, 7) is 0. The maximum absolute atomic E-state index is 6.29. The van der Waals surface area contributed by atoms with Crippen LogP contribution in [0.1, 0.15) is 40.0 Å². The lowest BCUT2D eigenvalue weighted by atomic mass is 10.0. The molecule has 0 radical (unpaired) electrons. The standard InChI is InChI=1S/C14H15ClN2S/c15-10-6-2-1-5-9(10)13(16)14-17-11-7-3-4-8-12(11)18-14/h1-2,5-6,13H,3-4,7-8,16H2. The van der Waals surface area contributed by atoms with E-state index in [2.05, 4.69) is 0 Å². The summed E-state index contributed by atoms with van der Waals surface area (Å²) in [5, 5.41) is 1.72. The normalized spacial score (nSPS) is 16.3. The molecule has 0 bridgehead atoms. The molecule has 1 aliphatic carbocycles. The van der Waals surface area contributed by atoms with E-state index in [0.29, 0.717) is 0 Å². The van der Waals surface area contributed by atoms with Gasteiger partial charge in [0.1, 0.15) is 5.01 Å². The first-order chi connectivity index (χ1) is 8.75. The Morgan fingerprint density at radius 1 is 1.22 bits per heavy atom. The van der Waals surface area contributed by atoms with E-state index in [1.165, 1.54) is 23.4 Å². The van der Waals surface area contributed by atoms with Gasteiger partial charge in [0, 0.05) is 9.90 Å². The fourth-order valence-electron chi connectivity index (χ4n) is 2.37. The summed E-state index contributed by atoms with van der Waals surface area (Å²) in [4.78, 5) is 6.12. The third kappa shape index (κ3) is 2.18. The quantitative estimate of drug-likeness (QED) is 0.909. The van der Waals surface area contributed by atoms with Crippen LogP contribution in [-0.2, 0) is 12.8 Å². The maximum Gasteiger partial charge on any atom is 0.114 e. The summed E-state index contributed by atoms with van der Waals surface area (Å²) in [5.74, 6) is 0. The largest absolute Gasteiger partial charge is 0.318 e. The molecule has 0 fully saturated rings. The molecule has 94 valence electrons. The van der Waals surface area contributed by atoms with E-state index < -0.39 is 0 Å². The van der Waals surface area contributed by atoms with Gasteiger partial charge in [-0.1, -0.05) is 29.8 Å². The van der Waals surface area contributed by atoms with E-state index in [1.54, 1.807) is 11.3 Å². The second-order valence-electron chi connectivity index (χ2n) is 4.63. The number of nitrogens with zero attached hydrogens (tertiary/aromatic N) is 1. The molecule has 1 unspecified atom stereocenters. The van der Waals surface area contributed by atoms with Crippen LogP contribution in [0, 0.1) is 0 Å². The topological polar surface area (TPSA) is 38.9 Å². The van der Waals surface area contributed by atoms with Gasteiger partial charge in [0.2, 0.25) is 0 Å². The van der Waals surface area contributed by atoms with Crippen molar-refractivity contribution in [1.29, 1.82) is 0 Å². The molecule has 1 atom stereocenters. The van der Waals surface area contributed by atoms with Crippen molar-refractivity contribution in [3.8, 4) is 0 Å². The Morgan fingerprint density at radius 3 is 2.78 bits per heavy atom. The smallest absolute Gasteiger partial charge is 0.114 e. The van der Waals surface area contributed by atoms with Crippen LogP contribution in [0.5, 0.6) is 0 Å². The Hall–Kier alpha value is -0.900. The first-order valence-electron chi connectivity index (χ1n) is 6.24. The predicted molar refractivity (Wildman–Crippen MR) is 76.2 cm³/mol. The van der Waals surface area contributed by atoms with Crippen molar-refractivity contribution in [1.82, 2.24) is 4.98 Å². The van der Waals surface area contributed by atoms with Crippen molar-refractivity contribution in [2.45, 2.75) is 31.7 Å². The van der Waals surface area contributed by atoms with E-state index in [0.717, 1.165) is 28.4 Å². The van der Waals surface area contributed by atoms with E-state index >= 15 is 0 Å². The van der Waals surface area contributed by atoms with Crippen LogP contribution in [0.15, 0.2) is 24.3 Å². The Labute approximate surface area is 116 Å². The fraction of sp³-hybridized carbons (Fsp3) is 0.357. The molecule has 3 rings (SSSR count). The molecule has 2 N–H and O–H groups in total. The number of rotatable bonds is 2.